The molecule has 2 saturated heterocycles. The molecule has 2 aromatic rings. The SMILES string of the molecule is O=C([C@@H]1CCCOC1)N1CCC(Cc2ccc3ncccc3c2)CC1. The van der Waals surface area contributed by atoms with Crippen LogP contribution in [0.5, 0.6) is 0 Å². The van der Waals surface area contributed by atoms with Crippen LogP contribution in [0.15, 0.2) is 36.5 Å². The Labute approximate surface area is 149 Å². The number of carbonyl (C=O) groups excluding carboxylic acids is 1. The molecule has 2 fully saturated rings. The lowest BCUT2D eigenvalue weighted by Gasteiger charge is -2.35. The number of ether oxygens (including phenoxy) is 1. The minimum atomic E-state index is 0.0956. The molecule has 1 aromatic heterocycles. The number of piperidine rings is 1. The minimum absolute atomic E-state index is 0.0956. The van der Waals surface area contributed by atoms with Gasteiger partial charge in [-0.3, -0.25) is 9.78 Å². The molecule has 3 heterocycles. The van der Waals surface area contributed by atoms with Crippen molar-refractivity contribution in [3.8, 4) is 0 Å². The second-order valence-electron chi connectivity index (χ2n) is 7.42. The number of fused-ring (bicyclic) bond motifs is 1. The van der Waals surface area contributed by atoms with Crippen molar-refractivity contribution in [1.82, 2.24) is 9.88 Å². The van der Waals surface area contributed by atoms with Gasteiger partial charge in [0.2, 0.25) is 5.91 Å². The molecule has 0 aliphatic carbocycles. The summed E-state index contributed by atoms with van der Waals surface area (Å²) in [4.78, 5) is 19.1. The van der Waals surface area contributed by atoms with Crippen molar-refractivity contribution in [1.29, 1.82) is 0 Å². The zero-order chi connectivity index (χ0) is 17.1. The van der Waals surface area contributed by atoms with Gasteiger partial charge in [-0.15, -0.1) is 0 Å². The third kappa shape index (κ3) is 3.84. The average molecular weight is 338 g/mol. The number of amides is 1. The molecule has 4 rings (SSSR count). The molecular weight excluding hydrogens is 312 g/mol. The van der Waals surface area contributed by atoms with Crippen LogP contribution in [0.3, 0.4) is 0 Å². The average Bonchev–Trinajstić information content (AvgIpc) is 2.69. The molecular formula is C21H26N2O2. The van der Waals surface area contributed by atoms with E-state index in [-0.39, 0.29) is 5.92 Å². The summed E-state index contributed by atoms with van der Waals surface area (Å²) in [6.45, 7) is 3.22. The molecule has 4 nitrogen and oxygen atoms in total. The summed E-state index contributed by atoms with van der Waals surface area (Å²) in [5.74, 6) is 1.08. The van der Waals surface area contributed by atoms with Crippen molar-refractivity contribution in [3.05, 3.63) is 42.1 Å². The van der Waals surface area contributed by atoms with Crippen LogP contribution in [-0.4, -0.2) is 42.1 Å². The van der Waals surface area contributed by atoms with E-state index in [9.17, 15) is 4.79 Å². The largest absolute Gasteiger partial charge is 0.381 e. The second kappa shape index (κ2) is 7.52. The van der Waals surface area contributed by atoms with Gasteiger partial charge >= 0.3 is 0 Å². The van der Waals surface area contributed by atoms with E-state index >= 15 is 0 Å². The van der Waals surface area contributed by atoms with E-state index in [1.165, 1.54) is 10.9 Å². The summed E-state index contributed by atoms with van der Waals surface area (Å²) in [5.41, 5.74) is 2.44. The summed E-state index contributed by atoms with van der Waals surface area (Å²) in [5, 5.41) is 1.21. The zero-order valence-corrected chi connectivity index (χ0v) is 14.7. The van der Waals surface area contributed by atoms with Crippen LogP contribution in [0, 0.1) is 11.8 Å². The number of likely N-dealkylation sites (tertiary alicyclic amines) is 1. The molecule has 1 atom stereocenters. The molecule has 25 heavy (non-hydrogen) atoms. The lowest BCUT2D eigenvalue weighted by Crippen LogP contribution is -2.44. The van der Waals surface area contributed by atoms with Crippen molar-refractivity contribution in [3.63, 3.8) is 0 Å². The third-order valence-corrected chi connectivity index (χ3v) is 5.63. The van der Waals surface area contributed by atoms with Gasteiger partial charge in [0.25, 0.3) is 0 Å². The molecule has 0 radical (unpaired) electrons. The van der Waals surface area contributed by atoms with Crippen LogP contribution in [-0.2, 0) is 16.0 Å². The first-order valence-electron chi connectivity index (χ1n) is 9.50. The van der Waals surface area contributed by atoms with Crippen LogP contribution < -0.4 is 0 Å². The first kappa shape index (κ1) is 16.5. The van der Waals surface area contributed by atoms with Gasteiger partial charge in [0.1, 0.15) is 0 Å². The van der Waals surface area contributed by atoms with Crippen molar-refractivity contribution < 1.29 is 9.53 Å². The Morgan fingerprint density at radius 1 is 1.20 bits per heavy atom. The Morgan fingerprint density at radius 2 is 2.08 bits per heavy atom. The molecule has 2 aliphatic rings. The van der Waals surface area contributed by atoms with Gasteiger partial charge in [-0.25, -0.2) is 0 Å². The molecule has 0 spiro atoms. The van der Waals surface area contributed by atoms with E-state index in [0.29, 0.717) is 18.4 Å². The molecule has 4 heteroatoms. The minimum Gasteiger partial charge on any atom is -0.381 e. The maximum atomic E-state index is 12.6. The van der Waals surface area contributed by atoms with Crippen LogP contribution in [0.2, 0.25) is 0 Å². The van der Waals surface area contributed by atoms with Crippen LogP contribution in [0.4, 0.5) is 0 Å². The zero-order valence-electron chi connectivity index (χ0n) is 14.7. The highest BCUT2D eigenvalue weighted by molar-refractivity contribution is 5.79. The molecule has 2 aliphatic heterocycles. The van der Waals surface area contributed by atoms with E-state index in [4.69, 9.17) is 4.74 Å². The number of benzene rings is 1. The predicted octanol–water partition coefficient (Wildman–Crippen LogP) is 3.44. The number of nitrogens with zero attached hydrogens (tertiary/aromatic N) is 2. The number of rotatable bonds is 3. The van der Waals surface area contributed by atoms with E-state index < -0.39 is 0 Å². The van der Waals surface area contributed by atoms with Gasteiger partial charge < -0.3 is 9.64 Å². The fraction of sp³-hybridized carbons (Fsp3) is 0.524. The van der Waals surface area contributed by atoms with Gasteiger partial charge in [-0.2, -0.15) is 0 Å². The van der Waals surface area contributed by atoms with Crippen LogP contribution >= 0.6 is 0 Å². The second-order valence-corrected chi connectivity index (χ2v) is 7.42. The molecule has 1 amide bonds. The maximum Gasteiger partial charge on any atom is 0.228 e. The van der Waals surface area contributed by atoms with Gasteiger partial charge in [0.05, 0.1) is 18.0 Å². The van der Waals surface area contributed by atoms with Crippen molar-refractivity contribution in [2.75, 3.05) is 26.3 Å². The monoisotopic (exact) mass is 338 g/mol. The number of pyridine rings is 1. The molecule has 0 N–H and O–H groups in total. The van der Waals surface area contributed by atoms with Gasteiger partial charge in [-0.1, -0.05) is 12.1 Å². The molecule has 1 aromatic carbocycles. The number of hydrogen-bond acceptors (Lipinski definition) is 3. The topological polar surface area (TPSA) is 42.4 Å². The van der Waals surface area contributed by atoms with Crippen molar-refractivity contribution in [2.24, 2.45) is 11.8 Å². The lowest BCUT2D eigenvalue weighted by atomic mass is 9.89. The van der Waals surface area contributed by atoms with Gasteiger partial charge in [0, 0.05) is 31.3 Å². The lowest BCUT2D eigenvalue weighted by molar-refractivity contribution is -0.141. The van der Waals surface area contributed by atoms with Crippen LogP contribution in [0.25, 0.3) is 10.9 Å². The predicted molar refractivity (Wildman–Crippen MR) is 98.3 cm³/mol. The van der Waals surface area contributed by atoms with Crippen molar-refractivity contribution >= 4 is 16.8 Å². The summed E-state index contributed by atoms with van der Waals surface area (Å²) < 4.78 is 5.48. The van der Waals surface area contributed by atoms with Crippen LogP contribution in [0.1, 0.15) is 31.2 Å². The summed E-state index contributed by atoms with van der Waals surface area (Å²) in [6.07, 6.45) is 7.15. The Bertz CT molecular complexity index is 732. The summed E-state index contributed by atoms with van der Waals surface area (Å²) in [6, 6.07) is 10.7. The molecule has 0 saturated carbocycles. The highest BCUT2D eigenvalue weighted by Gasteiger charge is 2.29. The fourth-order valence-corrected chi connectivity index (χ4v) is 4.14. The first-order chi connectivity index (χ1) is 12.3. The highest BCUT2D eigenvalue weighted by atomic mass is 16.5. The number of aromatic nitrogens is 1. The fourth-order valence-electron chi connectivity index (χ4n) is 4.14. The van der Waals surface area contributed by atoms with E-state index in [1.807, 2.05) is 12.3 Å². The maximum absolute atomic E-state index is 12.6. The van der Waals surface area contributed by atoms with Gasteiger partial charge in [-0.05, 0) is 61.8 Å². The number of hydrogen-bond donors (Lipinski definition) is 0. The summed E-state index contributed by atoms with van der Waals surface area (Å²) in [7, 11) is 0. The van der Waals surface area contributed by atoms with E-state index in [2.05, 4.69) is 34.1 Å². The van der Waals surface area contributed by atoms with E-state index in [1.54, 1.807) is 0 Å². The normalized spacial score (nSPS) is 22.2. The molecule has 0 bridgehead atoms. The highest BCUT2D eigenvalue weighted by Crippen LogP contribution is 2.25. The Morgan fingerprint density at radius 3 is 2.88 bits per heavy atom. The quantitative estimate of drug-likeness (QED) is 0.861. The van der Waals surface area contributed by atoms with Crippen molar-refractivity contribution in [2.45, 2.75) is 32.1 Å². The number of carbonyl (C=O) groups is 1. The molecule has 132 valence electrons. The Balaban J connectivity index is 1.32. The Kier molecular flexibility index (Phi) is 4.97. The standard InChI is InChI=1S/C21H26N2O2/c24-21(19-4-2-12-25-15-19)23-10-7-16(8-11-23)13-17-5-6-20-18(14-17)3-1-9-22-20/h1,3,5-6,9,14,16,19H,2,4,7-8,10-13,15H2/t19-/m1/s1. The first-order valence-corrected chi connectivity index (χ1v) is 9.50. The Hall–Kier alpha value is -1.94. The van der Waals surface area contributed by atoms with Gasteiger partial charge in [0.15, 0.2) is 0 Å². The van der Waals surface area contributed by atoms with E-state index in [0.717, 1.165) is 57.3 Å². The smallest absolute Gasteiger partial charge is 0.228 e. The third-order valence-electron chi connectivity index (χ3n) is 5.63. The summed E-state index contributed by atoms with van der Waals surface area (Å²) >= 11 is 0. The molecule has 0 unspecified atom stereocenters.